The normalized spacial score (nSPS) is 10.4. The predicted molar refractivity (Wildman–Crippen MR) is 74.5 cm³/mol. The molecule has 2 aromatic carbocycles. The quantitative estimate of drug-likeness (QED) is 0.470. The fourth-order valence-corrected chi connectivity index (χ4v) is 1.88. The van der Waals surface area contributed by atoms with Crippen LogP contribution >= 0.6 is 11.6 Å². The van der Waals surface area contributed by atoms with E-state index < -0.39 is 28.0 Å². The summed E-state index contributed by atoms with van der Waals surface area (Å²) in [6.45, 7) is 1.34. The monoisotopic (exact) mass is 327 g/mol. The largest absolute Gasteiger partial charge is 0.450 e. The predicted octanol–water partition coefficient (Wildman–Crippen LogP) is 4.52. The topological polar surface area (TPSA) is 69.4 Å². The molecule has 2 aromatic rings. The third-order valence-electron chi connectivity index (χ3n) is 2.74. The average molecular weight is 328 g/mol. The molecule has 0 N–H and O–H groups in total. The Morgan fingerprint density at radius 2 is 1.82 bits per heavy atom. The van der Waals surface area contributed by atoms with Gasteiger partial charge in [0.1, 0.15) is 5.75 Å². The maximum Gasteiger partial charge on any atom is 0.275 e. The number of benzene rings is 2. The van der Waals surface area contributed by atoms with Gasteiger partial charge < -0.3 is 4.74 Å². The highest BCUT2D eigenvalue weighted by atomic mass is 35.5. The van der Waals surface area contributed by atoms with Gasteiger partial charge in [-0.15, -0.1) is 0 Å². The molecule has 22 heavy (non-hydrogen) atoms. The number of ether oxygens (including phenoxy) is 1. The van der Waals surface area contributed by atoms with Gasteiger partial charge in [-0.25, -0.2) is 8.78 Å². The zero-order valence-electron chi connectivity index (χ0n) is 11.1. The minimum Gasteiger partial charge on any atom is -0.450 e. The highest BCUT2D eigenvalue weighted by Gasteiger charge is 2.20. The van der Waals surface area contributed by atoms with E-state index in [1.54, 1.807) is 0 Å². The van der Waals surface area contributed by atoms with E-state index in [1.807, 2.05) is 0 Å². The molecule has 114 valence electrons. The van der Waals surface area contributed by atoms with Gasteiger partial charge in [-0.3, -0.25) is 14.9 Å². The number of nitro benzene ring substituents is 1. The van der Waals surface area contributed by atoms with Crippen LogP contribution in [0.1, 0.15) is 17.3 Å². The van der Waals surface area contributed by atoms with E-state index in [1.165, 1.54) is 25.1 Å². The van der Waals surface area contributed by atoms with Crippen LogP contribution in [0.25, 0.3) is 0 Å². The van der Waals surface area contributed by atoms with Crippen LogP contribution in [-0.4, -0.2) is 10.7 Å². The smallest absolute Gasteiger partial charge is 0.275 e. The van der Waals surface area contributed by atoms with Crippen molar-refractivity contribution in [3.63, 3.8) is 0 Å². The summed E-state index contributed by atoms with van der Waals surface area (Å²) in [5, 5.41) is 10.5. The van der Waals surface area contributed by atoms with E-state index in [9.17, 15) is 23.7 Å². The molecule has 0 fully saturated rings. The molecule has 0 aliphatic heterocycles. The Labute approximate surface area is 128 Å². The van der Waals surface area contributed by atoms with E-state index in [0.717, 1.165) is 0 Å². The van der Waals surface area contributed by atoms with Crippen LogP contribution in [0.5, 0.6) is 11.5 Å². The van der Waals surface area contributed by atoms with Gasteiger partial charge in [0.15, 0.2) is 23.2 Å². The standard InChI is InChI=1S/C14H8ClF2NO4/c1-7(19)8-2-3-13(10(15)4-8)22-14-11(16)5-9(18(20)21)6-12(14)17/h2-6H,1H3. The summed E-state index contributed by atoms with van der Waals surface area (Å²) in [4.78, 5) is 20.8. The van der Waals surface area contributed by atoms with Crippen molar-refractivity contribution in [2.45, 2.75) is 6.92 Å². The van der Waals surface area contributed by atoms with Crippen LogP contribution in [-0.2, 0) is 0 Å². The fraction of sp³-hybridized carbons (Fsp3) is 0.0714. The molecule has 0 aliphatic carbocycles. The fourth-order valence-electron chi connectivity index (χ4n) is 1.66. The Kier molecular flexibility index (Phi) is 4.37. The van der Waals surface area contributed by atoms with E-state index in [4.69, 9.17) is 16.3 Å². The molecule has 0 atom stereocenters. The number of Topliss-reactive ketones (excluding diaryl/α,β-unsaturated/α-hetero) is 1. The molecule has 0 saturated heterocycles. The summed E-state index contributed by atoms with van der Waals surface area (Å²) in [6.07, 6.45) is 0. The first kappa shape index (κ1) is 15.8. The van der Waals surface area contributed by atoms with Crippen molar-refractivity contribution in [1.29, 1.82) is 0 Å². The minimum absolute atomic E-state index is 0.0233. The summed E-state index contributed by atoms with van der Waals surface area (Å²) in [5.74, 6) is -3.61. The third kappa shape index (κ3) is 3.20. The number of hydrogen-bond acceptors (Lipinski definition) is 4. The molecule has 0 spiro atoms. The highest BCUT2D eigenvalue weighted by molar-refractivity contribution is 6.32. The van der Waals surface area contributed by atoms with Crippen molar-refractivity contribution in [3.8, 4) is 11.5 Å². The lowest BCUT2D eigenvalue weighted by atomic mass is 10.1. The van der Waals surface area contributed by atoms with Crippen molar-refractivity contribution in [3.05, 3.63) is 62.7 Å². The second kappa shape index (κ2) is 6.07. The van der Waals surface area contributed by atoms with E-state index in [-0.39, 0.29) is 16.6 Å². The Hall–Kier alpha value is -2.54. The first-order chi connectivity index (χ1) is 10.3. The molecule has 0 saturated carbocycles. The van der Waals surface area contributed by atoms with Crippen molar-refractivity contribution in [1.82, 2.24) is 0 Å². The van der Waals surface area contributed by atoms with Crippen molar-refractivity contribution in [2.75, 3.05) is 0 Å². The summed E-state index contributed by atoms with van der Waals surface area (Å²) in [5.41, 5.74) is -0.428. The second-order valence-corrected chi connectivity index (χ2v) is 4.71. The van der Waals surface area contributed by atoms with Crippen LogP contribution < -0.4 is 4.74 Å². The number of halogens is 3. The summed E-state index contributed by atoms with van der Waals surface area (Å²) in [7, 11) is 0. The number of carbonyl (C=O) groups is 1. The maximum atomic E-state index is 13.7. The number of ketones is 1. The highest BCUT2D eigenvalue weighted by Crippen LogP contribution is 2.34. The van der Waals surface area contributed by atoms with Gasteiger partial charge in [-0.05, 0) is 25.1 Å². The number of rotatable bonds is 4. The molecule has 8 heteroatoms. The Bertz CT molecular complexity index is 756. The Balaban J connectivity index is 2.39. The lowest BCUT2D eigenvalue weighted by Gasteiger charge is -2.10. The van der Waals surface area contributed by atoms with Crippen molar-refractivity contribution >= 4 is 23.1 Å². The van der Waals surface area contributed by atoms with Crippen molar-refractivity contribution in [2.24, 2.45) is 0 Å². The zero-order valence-corrected chi connectivity index (χ0v) is 11.9. The number of nitro groups is 1. The number of carbonyl (C=O) groups excluding carboxylic acids is 1. The lowest BCUT2D eigenvalue weighted by molar-refractivity contribution is -0.385. The van der Waals surface area contributed by atoms with Crippen LogP contribution in [0, 0.1) is 21.7 Å². The lowest BCUT2D eigenvalue weighted by Crippen LogP contribution is -1.98. The van der Waals surface area contributed by atoms with Gasteiger partial charge in [-0.2, -0.15) is 0 Å². The van der Waals surface area contributed by atoms with Gasteiger partial charge in [0, 0.05) is 5.56 Å². The number of nitrogens with zero attached hydrogens (tertiary/aromatic N) is 1. The molecule has 0 unspecified atom stereocenters. The summed E-state index contributed by atoms with van der Waals surface area (Å²) in [6, 6.07) is 5.02. The summed E-state index contributed by atoms with van der Waals surface area (Å²) < 4.78 is 32.5. The molecule has 0 amide bonds. The SMILES string of the molecule is CC(=O)c1ccc(Oc2c(F)cc([N+](=O)[O-])cc2F)c(Cl)c1. The second-order valence-electron chi connectivity index (χ2n) is 4.30. The first-order valence-corrected chi connectivity index (χ1v) is 6.29. The molecular formula is C14H8ClF2NO4. The van der Waals surface area contributed by atoms with Crippen molar-refractivity contribution < 1.29 is 23.2 Å². The van der Waals surface area contributed by atoms with E-state index in [0.29, 0.717) is 17.7 Å². The van der Waals surface area contributed by atoms with Gasteiger partial charge in [0.25, 0.3) is 5.69 Å². The van der Waals surface area contributed by atoms with Gasteiger partial charge in [-0.1, -0.05) is 11.6 Å². The minimum atomic E-state index is -1.24. The molecule has 0 aliphatic rings. The zero-order chi connectivity index (χ0) is 16.4. The van der Waals surface area contributed by atoms with Crippen LogP contribution in [0.4, 0.5) is 14.5 Å². The Morgan fingerprint density at radius 3 is 2.27 bits per heavy atom. The molecule has 0 bridgehead atoms. The third-order valence-corrected chi connectivity index (χ3v) is 3.04. The molecule has 0 heterocycles. The van der Waals surface area contributed by atoms with E-state index >= 15 is 0 Å². The average Bonchev–Trinajstić information content (AvgIpc) is 2.43. The van der Waals surface area contributed by atoms with Crippen LogP contribution in [0.3, 0.4) is 0 Å². The Morgan fingerprint density at radius 1 is 1.23 bits per heavy atom. The first-order valence-electron chi connectivity index (χ1n) is 5.91. The molecule has 0 radical (unpaired) electrons. The van der Waals surface area contributed by atoms with Gasteiger partial charge in [0.05, 0.1) is 22.1 Å². The number of hydrogen-bond donors (Lipinski definition) is 0. The molecular weight excluding hydrogens is 320 g/mol. The molecule has 5 nitrogen and oxygen atoms in total. The van der Waals surface area contributed by atoms with Gasteiger partial charge in [0.2, 0.25) is 0 Å². The van der Waals surface area contributed by atoms with Gasteiger partial charge >= 0.3 is 0 Å². The number of non-ortho nitro benzene ring substituents is 1. The summed E-state index contributed by atoms with van der Waals surface area (Å²) >= 11 is 5.88. The molecule has 2 rings (SSSR count). The van der Waals surface area contributed by atoms with E-state index in [2.05, 4.69) is 0 Å². The van der Waals surface area contributed by atoms with Crippen LogP contribution in [0.15, 0.2) is 30.3 Å². The van der Waals surface area contributed by atoms with Crippen LogP contribution in [0.2, 0.25) is 5.02 Å². The maximum absolute atomic E-state index is 13.7. The molecule has 0 aromatic heterocycles.